The number of amides is 1. The average Bonchev–Trinajstić information content (AvgIpc) is 2.78. The molecule has 1 heterocycles. The summed E-state index contributed by atoms with van der Waals surface area (Å²) in [7, 11) is 0. The summed E-state index contributed by atoms with van der Waals surface area (Å²) >= 11 is 1.75. The Balaban J connectivity index is 1.92. The first kappa shape index (κ1) is 12.1. The van der Waals surface area contributed by atoms with Crippen LogP contribution in [0.2, 0.25) is 0 Å². The highest BCUT2D eigenvalue weighted by Crippen LogP contribution is 2.39. The van der Waals surface area contributed by atoms with Gasteiger partial charge in [-0.3, -0.25) is 4.79 Å². The summed E-state index contributed by atoms with van der Waals surface area (Å²) in [5.74, 6) is 3.55. The number of benzene rings is 1. The van der Waals surface area contributed by atoms with Gasteiger partial charge in [0.05, 0.1) is 5.92 Å². The molecule has 1 aliphatic heterocycles. The van der Waals surface area contributed by atoms with Crippen LogP contribution in [0.15, 0.2) is 29.2 Å². The van der Waals surface area contributed by atoms with Crippen molar-refractivity contribution in [3.63, 3.8) is 0 Å². The van der Waals surface area contributed by atoms with E-state index in [4.69, 9.17) is 6.42 Å². The maximum atomic E-state index is 12.0. The number of terminal acetylenes is 1. The highest BCUT2D eigenvalue weighted by Gasteiger charge is 2.28. The number of hydrogen-bond acceptors (Lipinski definition) is 2. The average molecular weight is 245 g/mol. The normalized spacial score (nSPS) is 17.2. The lowest BCUT2D eigenvalue weighted by Crippen LogP contribution is -2.30. The van der Waals surface area contributed by atoms with E-state index in [1.807, 2.05) is 18.2 Å². The first-order chi connectivity index (χ1) is 8.33. The van der Waals surface area contributed by atoms with Crippen LogP contribution in [-0.4, -0.2) is 18.2 Å². The number of nitrogens with one attached hydrogen (secondary N) is 1. The van der Waals surface area contributed by atoms with Crippen molar-refractivity contribution in [3.8, 4) is 12.3 Å². The van der Waals surface area contributed by atoms with Gasteiger partial charge >= 0.3 is 0 Å². The fraction of sp³-hybridized carbons (Fsp3) is 0.357. The molecule has 3 heteroatoms. The highest BCUT2D eigenvalue weighted by atomic mass is 32.2. The Morgan fingerprint density at radius 1 is 1.53 bits per heavy atom. The maximum Gasteiger partial charge on any atom is 0.228 e. The highest BCUT2D eigenvalue weighted by molar-refractivity contribution is 7.99. The molecule has 0 aromatic heterocycles. The van der Waals surface area contributed by atoms with Gasteiger partial charge in [-0.1, -0.05) is 18.2 Å². The third-order valence-corrected chi connectivity index (χ3v) is 4.00. The summed E-state index contributed by atoms with van der Waals surface area (Å²) in [5.41, 5.74) is 1.16. The Morgan fingerprint density at radius 2 is 2.35 bits per heavy atom. The monoisotopic (exact) mass is 245 g/mol. The summed E-state index contributed by atoms with van der Waals surface area (Å²) in [4.78, 5) is 13.2. The van der Waals surface area contributed by atoms with Crippen LogP contribution in [0.1, 0.15) is 24.3 Å². The number of fused-ring (bicyclic) bond motifs is 1. The fourth-order valence-electron chi connectivity index (χ4n) is 1.90. The SMILES string of the molecule is C#CCCCNC(=O)C1CSc2ccccc21. The fourth-order valence-corrected chi connectivity index (χ4v) is 3.13. The molecule has 1 atom stereocenters. The molecule has 0 aliphatic carbocycles. The Hall–Kier alpha value is -1.40. The Kier molecular flexibility index (Phi) is 4.11. The second-order valence-corrected chi connectivity index (χ2v) is 5.06. The van der Waals surface area contributed by atoms with Gasteiger partial charge in [0.25, 0.3) is 0 Å². The smallest absolute Gasteiger partial charge is 0.228 e. The third-order valence-electron chi connectivity index (χ3n) is 2.81. The van der Waals surface area contributed by atoms with Crippen LogP contribution in [0, 0.1) is 12.3 Å². The Morgan fingerprint density at radius 3 is 3.18 bits per heavy atom. The third kappa shape index (κ3) is 2.83. The molecule has 0 bridgehead atoms. The molecule has 1 amide bonds. The van der Waals surface area contributed by atoms with E-state index in [1.165, 1.54) is 4.90 Å². The van der Waals surface area contributed by atoms with Gasteiger partial charge in [0.1, 0.15) is 0 Å². The number of unbranched alkanes of at least 4 members (excludes halogenated alkanes) is 1. The molecule has 88 valence electrons. The first-order valence-electron chi connectivity index (χ1n) is 5.76. The molecular formula is C14H15NOS. The van der Waals surface area contributed by atoms with Crippen LogP contribution in [0.5, 0.6) is 0 Å². The molecule has 0 saturated heterocycles. The van der Waals surface area contributed by atoms with Crippen LogP contribution in [0.3, 0.4) is 0 Å². The van der Waals surface area contributed by atoms with E-state index < -0.39 is 0 Å². The minimum Gasteiger partial charge on any atom is -0.356 e. The van der Waals surface area contributed by atoms with E-state index in [9.17, 15) is 4.79 Å². The van der Waals surface area contributed by atoms with Gasteiger partial charge in [0, 0.05) is 23.6 Å². The van der Waals surface area contributed by atoms with Crippen molar-refractivity contribution in [1.82, 2.24) is 5.32 Å². The van der Waals surface area contributed by atoms with E-state index in [0.717, 1.165) is 24.2 Å². The molecule has 1 aliphatic rings. The van der Waals surface area contributed by atoms with Crippen LogP contribution >= 0.6 is 11.8 Å². The second-order valence-electron chi connectivity index (χ2n) is 4.00. The van der Waals surface area contributed by atoms with Crippen molar-refractivity contribution in [1.29, 1.82) is 0 Å². The van der Waals surface area contributed by atoms with Crippen molar-refractivity contribution < 1.29 is 4.79 Å². The van der Waals surface area contributed by atoms with Crippen LogP contribution in [0.4, 0.5) is 0 Å². The van der Waals surface area contributed by atoms with Crippen molar-refractivity contribution in [2.24, 2.45) is 0 Å². The van der Waals surface area contributed by atoms with Gasteiger partial charge in [0.2, 0.25) is 5.91 Å². The number of rotatable bonds is 4. The predicted molar refractivity (Wildman–Crippen MR) is 71.0 cm³/mol. The van der Waals surface area contributed by atoms with Gasteiger partial charge < -0.3 is 5.32 Å². The van der Waals surface area contributed by atoms with Gasteiger partial charge in [-0.15, -0.1) is 24.1 Å². The Bertz CT molecular complexity index is 450. The summed E-state index contributed by atoms with van der Waals surface area (Å²) in [6.07, 6.45) is 6.73. The van der Waals surface area contributed by atoms with Crippen LogP contribution < -0.4 is 5.32 Å². The molecule has 0 fully saturated rings. The minimum atomic E-state index is 0.00188. The van der Waals surface area contributed by atoms with Gasteiger partial charge in [-0.25, -0.2) is 0 Å². The first-order valence-corrected chi connectivity index (χ1v) is 6.74. The van der Waals surface area contributed by atoms with Gasteiger partial charge in [-0.2, -0.15) is 0 Å². The van der Waals surface area contributed by atoms with Crippen molar-refractivity contribution >= 4 is 17.7 Å². The zero-order valence-corrected chi connectivity index (χ0v) is 10.4. The molecule has 17 heavy (non-hydrogen) atoms. The molecule has 1 N–H and O–H groups in total. The van der Waals surface area contributed by atoms with Crippen molar-refractivity contribution in [3.05, 3.63) is 29.8 Å². The summed E-state index contributed by atoms with van der Waals surface area (Å²) < 4.78 is 0. The summed E-state index contributed by atoms with van der Waals surface area (Å²) in [6, 6.07) is 8.12. The predicted octanol–water partition coefficient (Wildman–Crippen LogP) is 2.41. The standard InChI is InChI=1S/C14H15NOS/c1-2-3-6-9-15-14(16)12-10-17-13-8-5-4-7-11(12)13/h1,4-5,7-8,12H,3,6,9-10H2,(H,15,16). The molecule has 2 nitrogen and oxygen atoms in total. The molecule has 0 spiro atoms. The van der Waals surface area contributed by atoms with Gasteiger partial charge in [0.15, 0.2) is 0 Å². The Labute approximate surface area is 106 Å². The topological polar surface area (TPSA) is 29.1 Å². The molecule has 0 saturated carbocycles. The largest absolute Gasteiger partial charge is 0.356 e. The lowest BCUT2D eigenvalue weighted by atomic mass is 10.0. The lowest BCUT2D eigenvalue weighted by molar-refractivity contribution is -0.122. The van der Waals surface area contributed by atoms with E-state index >= 15 is 0 Å². The zero-order chi connectivity index (χ0) is 12.1. The number of carbonyl (C=O) groups is 1. The van der Waals surface area contributed by atoms with E-state index in [0.29, 0.717) is 6.54 Å². The minimum absolute atomic E-state index is 0.00188. The molecule has 1 aromatic carbocycles. The number of hydrogen-bond donors (Lipinski definition) is 1. The number of carbonyl (C=O) groups excluding carboxylic acids is 1. The summed E-state index contributed by atoms with van der Waals surface area (Å²) in [6.45, 7) is 0.673. The van der Waals surface area contributed by atoms with Crippen LogP contribution in [-0.2, 0) is 4.79 Å². The molecule has 2 rings (SSSR count). The van der Waals surface area contributed by atoms with E-state index in [2.05, 4.69) is 17.3 Å². The molecule has 1 aromatic rings. The van der Waals surface area contributed by atoms with Crippen LogP contribution in [0.25, 0.3) is 0 Å². The molecular weight excluding hydrogens is 230 g/mol. The molecule has 0 radical (unpaired) electrons. The van der Waals surface area contributed by atoms with E-state index in [1.54, 1.807) is 11.8 Å². The second kappa shape index (κ2) is 5.79. The summed E-state index contributed by atoms with van der Waals surface area (Å²) in [5, 5.41) is 2.95. The lowest BCUT2D eigenvalue weighted by Gasteiger charge is -2.10. The maximum absolute atomic E-state index is 12.0. The van der Waals surface area contributed by atoms with Crippen molar-refractivity contribution in [2.45, 2.75) is 23.7 Å². The van der Waals surface area contributed by atoms with E-state index in [-0.39, 0.29) is 11.8 Å². The molecule has 1 unspecified atom stereocenters. The van der Waals surface area contributed by atoms with Crippen molar-refractivity contribution in [2.75, 3.05) is 12.3 Å². The van der Waals surface area contributed by atoms with Gasteiger partial charge in [-0.05, 0) is 18.1 Å². The number of thioether (sulfide) groups is 1. The zero-order valence-electron chi connectivity index (χ0n) is 9.61. The quantitative estimate of drug-likeness (QED) is 0.652.